The Bertz CT molecular complexity index is 906. The topological polar surface area (TPSA) is 72.7 Å². The number of nitrogens with one attached hydrogen (secondary N) is 1. The maximum Gasteiger partial charge on any atom is 0.280 e. The number of benzene rings is 1. The van der Waals surface area contributed by atoms with Crippen LogP contribution >= 0.6 is 0 Å². The quantitative estimate of drug-likeness (QED) is 0.787. The van der Waals surface area contributed by atoms with E-state index >= 15 is 0 Å². The van der Waals surface area contributed by atoms with Gasteiger partial charge in [-0.25, -0.2) is 23.7 Å². The van der Waals surface area contributed by atoms with Gasteiger partial charge in [0.2, 0.25) is 0 Å². The molecule has 0 unspecified atom stereocenters. The molecule has 2 heterocycles. The maximum atomic E-state index is 12.6. The Balaban J connectivity index is 1.76. The van der Waals surface area contributed by atoms with E-state index in [0.29, 0.717) is 5.69 Å². The molecule has 0 bridgehead atoms. The molecule has 8 heteroatoms. The van der Waals surface area contributed by atoms with E-state index in [4.69, 9.17) is 0 Å². The summed E-state index contributed by atoms with van der Waals surface area (Å²) in [5, 5.41) is 2.62. The van der Waals surface area contributed by atoms with Crippen LogP contribution in [0.5, 0.6) is 0 Å². The summed E-state index contributed by atoms with van der Waals surface area (Å²) in [4.78, 5) is 23.5. The van der Waals surface area contributed by atoms with Crippen molar-refractivity contribution in [2.75, 3.05) is 5.32 Å². The van der Waals surface area contributed by atoms with Gasteiger partial charge in [-0.1, -0.05) is 0 Å². The number of halogens is 2. The van der Waals surface area contributed by atoms with Crippen LogP contribution < -0.4 is 5.32 Å². The van der Waals surface area contributed by atoms with E-state index in [1.165, 1.54) is 0 Å². The summed E-state index contributed by atoms with van der Waals surface area (Å²) in [7, 11) is 0. The van der Waals surface area contributed by atoms with Crippen molar-refractivity contribution in [3.8, 4) is 5.69 Å². The first-order valence-electron chi connectivity index (χ1n) is 7.48. The molecule has 128 valence electrons. The molecule has 1 amide bonds. The van der Waals surface area contributed by atoms with Gasteiger partial charge in [0.1, 0.15) is 17.7 Å². The van der Waals surface area contributed by atoms with Crippen molar-refractivity contribution in [3.63, 3.8) is 0 Å². The lowest BCUT2D eigenvalue weighted by Gasteiger charge is -2.08. The Morgan fingerprint density at radius 1 is 1.12 bits per heavy atom. The average molecular weight is 343 g/mol. The van der Waals surface area contributed by atoms with E-state index in [9.17, 15) is 13.6 Å². The number of carbonyl (C=O) groups is 1. The van der Waals surface area contributed by atoms with Gasteiger partial charge in [-0.15, -0.1) is 0 Å². The Kier molecular flexibility index (Phi) is 4.51. The Hall–Kier alpha value is -3.16. The molecule has 0 atom stereocenters. The fourth-order valence-electron chi connectivity index (χ4n) is 2.28. The summed E-state index contributed by atoms with van der Waals surface area (Å²) in [6, 6.07) is 8.07. The zero-order valence-electron chi connectivity index (χ0n) is 13.6. The van der Waals surface area contributed by atoms with Crippen LogP contribution in [0.25, 0.3) is 5.69 Å². The van der Waals surface area contributed by atoms with Crippen molar-refractivity contribution >= 4 is 11.6 Å². The second-order valence-corrected chi connectivity index (χ2v) is 5.42. The molecule has 0 aliphatic heterocycles. The van der Waals surface area contributed by atoms with Crippen molar-refractivity contribution in [1.82, 2.24) is 19.5 Å². The summed E-state index contributed by atoms with van der Waals surface area (Å²) in [6.07, 6.45) is -0.0787. The van der Waals surface area contributed by atoms with E-state index in [2.05, 4.69) is 20.3 Å². The minimum atomic E-state index is -2.75. The number of hydrogen-bond donors (Lipinski definition) is 1. The fourth-order valence-corrected chi connectivity index (χ4v) is 2.28. The highest BCUT2D eigenvalue weighted by molar-refractivity contribution is 6.02. The molecular weight excluding hydrogens is 328 g/mol. The fraction of sp³-hybridized carbons (Fsp3) is 0.176. The first kappa shape index (κ1) is 16.7. The summed E-state index contributed by atoms with van der Waals surface area (Å²) >= 11 is 0. The first-order valence-corrected chi connectivity index (χ1v) is 7.48. The van der Waals surface area contributed by atoms with Crippen LogP contribution in [0.15, 0.2) is 43.0 Å². The lowest BCUT2D eigenvalue weighted by atomic mass is 10.2. The summed E-state index contributed by atoms with van der Waals surface area (Å²) in [6.45, 7) is 3.89. The molecule has 1 N–H and O–H groups in total. The number of rotatable bonds is 4. The SMILES string of the molecule is Cc1ncn(-c2ccc(NC(=O)c3cc(C(F)F)ncn3)cc2)c1C. The standard InChI is InChI=1S/C17H15F2N5O/c1-10-11(2)24(9-22-10)13-5-3-12(4-6-13)23-17(25)15-7-14(16(18)19)20-8-21-15/h3-9,16H,1-2H3,(H,23,25). The molecule has 0 fully saturated rings. The van der Waals surface area contributed by atoms with Gasteiger partial charge < -0.3 is 9.88 Å². The molecule has 0 saturated carbocycles. The smallest absolute Gasteiger partial charge is 0.280 e. The highest BCUT2D eigenvalue weighted by Gasteiger charge is 2.14. The van der Waals surface area contributed by atoms with Crippen LogP contribution in [-0.2, 0) is 0 Å². The second kappa shape index (κ2) is 6.76. The number of hydrogen-bond acceptors (Lipinski definition) is 4. The van der Waals surface area contributed by atoms with Gasteiger partial charge in [0.05, 0.1) is 12.0 Å². The van der Waals surface area contributed by atoms with Gasteiger partial charge in [-0.2, -0.15) is 0 Å². The molecule has 25 heavy (non-hydrogen) atoms. The molecule has 3 rings (SSSR count). The third-order valence-electron chi connectivity index (χ3n) is 3.80. The Morgan fingerprint density at radius 3 is 2.44 bits per heavy atom. The monoisotopic (exact) mass is 343 g/mol. The molecule has 1 aromatic carbocycles. The Labute approximate surface area is 142 Å². The van der Waals surface area contributed by atoms with Crippen LogP contribution in [0, 0.1) is 13.8 Å². The minimum absolute atomic E-state index is 0.115. The van der Waals surface area contributed by atoms with E-state index in [1.54, 1.807) is 18.5 Å². The van der Waals surface area contributed by atoms with Crippen LogP contribution in [0.1, 0.15) is 34.0 Å². The third-order valence-corrected chi connectivity index (χ3v) is 3.80. The third kappa shape index (κ3) is 3.52. The highest BCUT2D eigenvalue weighted by Crippen LogP contribution is 2.18. The molecule has 2 aromatic heterocycles. The number of nitrogens with zero attached hydrogens (tertiary/aromatic N) is 4. The van der Waals surface area contributed by atoms with Crippen LogP contribution in [0.2, 0.25) is 0 Å². The lowest BCUT2D eigenvalue weighted by molar-refractivity contribution is 0.102. The molecule has 0 radical (unpaired) electrons. The average Bonchev–Trinajstić information content (AvgIpc) is 2.95. The highest BCUT2D eigenvalue weighted by atomic mass is 19.3. The predicted octanol–water partition coefficient (Wildman–Crippen LogP) is 3.47. The van der Waals surface area contributed by atoms with Crippen molar-refractivity contribution in [3.05, 3.63) is 65.8 Å². The van der Waals surface area contributed by atoms with Gasteiger partial charge in [-0.05, 0) is 44.2 Å². The van der Waals surface area contributed by atoms with Gasteiger partial charge in [0.25, 0.3) is 12.3 Å². The Morgan fingerprint density at radius 2 is 1.84 bits per heavy atom. The molecule has 0 aliphatic carbocycles. The number of aryl methyl sites for hydroxylation is 1. The number of carbonyl (C=O) groups excluding carboxylic acids is 1. The molecule has 0 aliphatic rings. The van der Waals surface area contributed by atoms with Crippen molar-refractivity contribution in [1.29, 1.82) is 0 Å². The number of alkyl halides is 2. The van der Waals surface area contributed by atoms with Crippen molar-refractivity contribution in [2.24, 2.45) is 0 Å². The van der Waals surface area contributed by atoms with Gasteiger partial charge >= 0.3 is 0 Å². The van der Waals surface area contributed by atoms with Crippen LogP contribution in [-0.4, -0.2) is 25.4 Å². The molecule has 6 nitrogen and oxygen atoms in total. The van der Waals surface area contributed by atoms with E-state index in [-0.39, 0.29) is 5.69 Å². The largest absolute Gasteiger partial charge is 0.321 e. The number of aromatic nitrogens is 4. The predicted molar refractivity (Wildman–Crippen MR) is 88.0 cm³/mol. The summed E-state index contributed by atoms with van der Waals surface area (Å²) in [5.74, 6) is -0.577. The normalized spacial score (nSPS) is 10.9. The van der Waals surface area contributed by atoms with Crippen molar-refractivity contribution in [2.45, 2.75) is 20.3 Å². The van der Waals surface area contributed by atoms with Crippen molar-refractivity contribution < 1.29 is 13.6 Å². The number of imidazole rings is 1. The number of amides is 1. The zero-order chi connectivity index (χ0) is 18.0. The van der Waals surface area contributed by atoms with E-state index in [0.717, 1.165) is 29.5 Å². The summed E-state index contributed by atoms with van der Waals surface area (Å²) in [5.41, 5.74) is 2.80. The zero-order valence-corrected chi connectivity index (χ0v) is 13.6. The van der Waals surface area contributed by atoms with Gasteiger partial charge in [0.15, 0.2) is 0 Å². The minimum Gasteiger partial charge on any atom is -0.321 e. The maximum absolute atomic E-state index is 12.6. The molecular formula is C17H15F2N5O. The van der Waals surface area contributed by atoms with Crippen LogP contribution in [0.4, 0.5) is 14.5 Å². The molecule has 3 aromatic rings. The van der Waals surface area contributed by atoms with E-state index < -0.39 is 18.0 Å². The lowest BCUT2D eigenvalue weighted by Crippen LogP contribution is -2.14. The number of anilines is 1. The van der Waals surface area contributed by atoms with Gasteiger partial charge in [-0.3, -0.25) is 4.79 Å². The summed E-state index contributed by atoms with van der Waals surface area (Å²) < 4.78 is 27.2. The van der Waals surface area contributed by atoms with E-state index in [1.807, 2.05) is 30.5 Å². The van der Waals surface area contributed by atoms with Gasteiger partial charge in [0, 0.05) is 17.1 Å². The molecule has 0 saturated heterocycles. The second-order valence-electron chi connectivity index (χ2n) is 5.42. The molecule has 0 spiro atoms. The van der Waals surface area contributed by atoms with Crippen LogP contribution in [0.3, 0.4) is 0 Å². The first-order chi connectivity index (χ1) is 12.0.